The van der Waals surface area contributed by atoms with E-state index in [1.54, 1.807) is 6.08 Å². The number of hydrogen-bond donors (Lipinski definition) is 1. The van der Waals surface area contributed by atoms with E-state index in [1.807, 2.05) is 19.1 Å². The van der Waals surface area contributed by atoms with Crippen molar-refractivity contribution in [3.05, 3.63) is 173 Å². The summed E-state index contributed by atoms with van der Waals surface area (Å²) in [5.41, 5.74) is 20.5. The molecule has 2 aliphatic rings. The van der Waals surface area contributed by atoms with Crippen LogP contribution in [0.5, 0.6) is 0 Å². The molecule has 6 aromatic rings. The van der Waals surface area contributed by atoms with Crippen LogP contribution in [-0.2, 0) is 5.41 Å². The molecule has 0 saturated carbocycles. The molecule has 0 bridgehead atoms. The largest absolute Gasteiger partial charge is 0.390 e. The molecule has 2 heteroatoms. The van der Waals surface area contributed by atoms with E-state index in [9.17, 15) is 5.26 Å². The molecule has 2 N–H and O–H groups in total. The first-order chi connectivity index (χ1) is 21.2. The van der Waals surface area contributed by atoms with E-state index < -0.39 is 5.41 Å². The van der Waals surface area contributed by atoms with Crippen LogP contribution in [0.4, 0.5) is 0 Å². The highest BCUT2D eigenvalue weighted by Gasteiger charge is 2.52. The highest BCUT2D eigenvalue weighted by atomic mass is 14.6. The topological polar surface area (TPSA) is 49.8 Å². The normalized spacial score (nSPS) is 14.2. The van der Waals surface area contributed by atoms with Gasteiger partial charge in [-0.3, -0.25) is 0 Å². The third-order valence-electron chi connectivity index (χ3n) is 9.26. The van der Waals surface area contributed by atoms with Gasteiger partial charge in [-0.1, -0.05) is 121 Å². The summed E-state index contributed by atoms with van der Waals surface area (Å²) in [5, 5.41) is 11.8. The van der Waals surface area contributed by atoms with Gasteiger partial charge in [-0.15, -0.1) is 0 Å². The Kier molecular flexibility index (Phi) is 5.51. The van der Waals surface area contributed by atoms with Gasteiger partial charge in [-0.05, 0) is 103 Å². The molecule has 0 atom stereocenters. The molecule has 43 heavy (non-hydrogen) atoms. The van der Waals surface area contributed by atoms with Crippen LogP contribution < -0.4 is 5.73 Å². The summed E-state index contributed by atoms with van der Waals surface area (Å²) in [6.45, 7) is 1.98. The second-order valence-corrected chi connectivity index (χ2v) is 11.3. The summed E-state index contributed by atoms with van der Waals surface area (Å²) >= 11 is 0. The van der Waals surface area contributed by atoms with E-state index >= 15 is 0 Å². The lowest BCUT2D eigenvalue weighted by Crippen LogP contribution is -2.25. The van der Waals surface area contributed by atoms with Crippen LogP contribution in [0.1, 0.15) is 34.7 Å². The Bertz CT molecular complexity index is 2180. The molecule has 0 fully saturated rings. The highest BCUT2D eigenvalue weighted by Crippen LogP contribution is 2.64. The Balaban J connectivity index is 1.48. The van der Waals surface area contributed by atoms with E-state index in [-0.39, 0.29) is 5.70 Å². The van der Waals surface area contributed by atoms with Gasteiger partial charge in [-0.2, -0.15) is 5.26 Å². The van der Waals surface area contributed by atoms with E-state index in [0.29, 0.717) is 0 Å². The summed E-state index contributed by atoms with van der Waals surface area (Å²) in [6, 6.07) is 48.7. The maximum atomic E-state index is 9.31. The van der Waals surface area contributed by atoms with Crippen molar-refractivity contribution in [2.24, 2.45) is 5.73 Å². The molecule has 8 rings (SSSR count). The van der Waals surface area contributed by atoms with Crippen LogP contribution in [0.3, 0.4) is 0 Å². The van der Waals surface area contributed by atoms with Gasteiger partial charge >= 0.3 is 0 Å². The van der Waals surface area contributed by atoms with Gasteiger partial charge in [-0.25, -0.2) is 0 Å². The number of rotatable bonds is 3. The van der Waals surface area contributed by atoms with Gasteiger partial charge in [0.05, 0.1) is 5.41 Å². The van der Waals surface area contributed by atoms with Gasteiger partial charge in [0.25, 0.3) is 0 Å². The van der Waals surface area contributed by atoms with Gasteiger partial charge in [0.15, 0.2) is 0 Å². The highest BCUT2D eigenvalue weighted by molar-refractivity contribution is 6.11. The van der Waals surface area contributed by atoms with Gasteiger partial charge in [0.2, 0.25) is 0 Å². The molecule has 1 spiro atoms. The summed E-state index contributed by atoms with van der Waals surface area (Å²) < 4.78 is 0. The van der Waals surface area contributed by atoms with Crippen LogP contribution in [0.2, 0.25) is 0 Å². The molecule has 0 heterocycles. The average molecular weight is 549 g/mol. The number of allylic oxidation sites excluding steroid dienone is 4. The number of nitrogens with two attached hydrogens (primary N) is 1. The fourth-order valence-electron chi connectivity index (χ4n) is 7.59. The maximum Gasteiger partial charge on any atom is 0.117 e. The molecule has 0 aromatic heterocycles. The molecule has 6 aromatic carbocycles. The Morgan fingerprint density at radius 2 is 1.21 bits per heavy atom. The van der Waals surface area contributed by atoms with Gasteiger partial charge in [0, 0.05) is 0 Å². The van der Waals surface area contributed by atoms with E-state index in [4.69, 9.17) is 5.73 Å². The predicted molar refractivity (Wildman–Crippen MR) is 177 cm³/mol. The quantitative estimate of drug-likeness (QED) is 0.176. The SMILES string of the molecule is C/C=C(\C=C(/N)C#N)c1cccc(-c2cc3c(c4ccccc24)-c2ccccc2C32c3ccccc3-c3ccccc32)c1. The van der Waals surface area contributed by atoms with Crippen LogP contribution in [0.25, 0.3) is 49.7 Å². The van der Waals surface area contributed by atoms with Crippen LogP contribution in [-0.4, -0.2) is 0 Å². The Hall–Kier alpha value is -5.65. The second-order valence-electron chi connectivity index (χ2n) is 11.3. The van der Waals surface area contributed by atoms with Crippen molar-refractivity contribution in [1.82, 2.24) is 0 Å². The standard InChI is InChI=1S/C41H28N2/c1-2-26(23-29(43)25-42)27-12-11-13-28(22-27)35-24-39-40(33-17-4-3-14-30(33)35)34-18-7-10-21-38(34)41(39)36-19-8-5-15-31(36)32-16-6-9-20-37(32)41/h2-24H,43H2,1H3/b26-2+,29-23-. The minimum Gasteiger partial charge on any atom is -0.390 e. The number of nitrogens with zero attached hydrogens (tertiary/aromatic N) is 1. The van der Waals surface area contributed by atoms with E-state index in [2.05, 4.69) is 127 Å². The Morgan fingerprint density at radius 1 is 0.628 bits per heavy atom. The van der Waals surface area contributed by atoms with Crippen molar-refractivity contribution in [2.45, 2.75) is 12.3 Å². The zero-order chi connectivity index (χ0) is 29.1. The van der Waals surface area contributed by atoms with Crippen molar-refractivity contribution < 1.29 is 0 Å². The van der Waals surface area contributed by atoms with Crippen LogP contribution in [0.15, 0.2) is 145 Å². The number of nitriles is 1. The third kappa shape index (κ3) is 3.40. The molecule has 202 valence electrons. The second kappa shape index (κ2) is 9.44. The maximum absolute atomic E-state index is 9.31. The lowest BCUT2D eigenvalue weighted by atomic mass is 9.70. The number of benzene rings is 6. The summed E-state index contributed by atoms with van der Waals surface area (Å²) in [4.78, 5) is 0. The molecule has 0 amide bonds. The van der Waals surface area contributed by atoms with E-state index in [0.717, 1.165) is 16.7 Å². The number of hydrogen-bond acceptors (Lipinski definition) is 2. The first kappa shape index (κ1) is 25.1. The first-order valence-electron chi connectivity index (χ1n) is 14.7. The summed E-state index contributed by atoms with van der Waals surface area (Å²) in [6.07, 6.45) is 3.75. The fourth-order valence-corrected chi connectivity index (χ4v) is 7.59. The Labute approximate surface area is 251 Å². The molecular formula is C41H28N2. The summed E-state index contributed by atoms with van der Waals surface area (Å²) in [7, 11) is 0. The molecule has 0 unspecified atom stereocenters. The lowest BCUT2D eigenvalue weighted by Gasteiger charge is -2.31. The molecule has 2 aliphatic carbocycles. The molecule has 0 aliphatic heterocycles. The zero-order valence-corrected chi connectivity index (χ0v) is 23.8. The zero-order valence-electron chi connectivity index (χ0n) is 23.8. The predicted octanol–water partition coefficient (Wildman–Crippen LogP) is 9.62. The van der Waals surface area contributed by atoms with Crippen LogP contribution in [0, 0.1) is 11.3 Å². The Morgan fingerprint density at radius 3 is 1.86 bits per heavy atom. The van der Waals surface area contributed by atoms with Crippen molar-refractivity contribution in [3.63, 3.8) is 0 Å². The van der Waals surface area contributed by atoms with Crippen molar-refractivity contribution in [2.75, 3.05) is 0 Å². The monoisotopic (exact) mass is 548 g/mol. The average Bonchev–Trinajstić information content (AvgIpc) is 3.54. The molecule has 0 radical (unpaired) electrons. The van der Waals surface area contributed by atoms with Crippen molar-refractivity contribution >= 4 is 16.3 Å². The molecule has 0 saturated heterocycles. The van der Waals surface area contributed by atoms with Gasteiger partial charge < -0.3 is 5.73 Å². The third-order valence-corrected chi connectivity index (χ3v) is 9.26. The van der Waals surface area contributed by atoms with Gasteiger partial charge in [0.1, 0.15) is 11.8 Å². The molecule has 2 nitrogen and oxygen atoms in total. The molecular weight excluding hydrogens is 520 g/mol. The lowest BCUT2D eigenvalue weighted by molar-refractivity contribution is 0.794. The fraction of sp³-hybridized carbons (Fsp3) is 0.0488. The number of fused-ring (bicyclic) bond motifs is 12. The first-order valence-corrected chi connectivity index (χ1v) is 14.7. The van der Waals surface area contributed by atoms with Crippen LogP contribution >= 0.6 is 0 Å². The summed E-state index contributed by atoms with van der Waals surface area (Å²) in [5.74, 6) is 0. The minimum atomic E-state index is -0.409. The van der Waals surface area contributed by atoms with Crippen molar-refractivity contribution in [1.29, 1.82) is 5.26 Å². The van der Waals surface area contributed by atoms with Crippen molar-refractivity contribution in [3.8, 4) is 39.4 Å². The minimum absolute atomic E-state index is 0.194. The van der Waals surface area contributed by atoms with E-state index in [1.165, 1.54) is 60.8 Å². The smallest absolute Gasteiger partial charge is 0.117 e.